The first-order valence-electron chi connectivity index (χ1n) is 6.52. The molecule has 0 bridgehead atoms. The maximum Gasteiger partial charge on any atom is 0.161 e. The second kappa shape index (κ2) is 5.83. The minimum Gasteiger partial charge on any atom is -0.493 e. The molecule has 0 radical (unpaired) electrons. The standard InChI is InChI=1S/C16H21NO2/c1-12-5-8-15(16(11-12)18-4)19-10-9-17-13(2)6-7-14(17)3/h5-8,11H,9-10H2,1-4H3. The zero-order valence-corrected chi connectivity index (χ0v) is 12.1. The van der Waals surface area contributed by atoms with Gasteiger partial charge in [0.25, 0.3) is 0 Å². The van der Waals surface area contributed by atoms with Crippen LogP contribution in [0.25, 0.3) is 0 Å². The van der Waals surface area contributed by atoms with Crippen molar-refractivity contribution in [1.29, 1.82) is 0 Å². The van der Waals surface area contributed by atoms with Crippen LogP contribution >= 0.6 is 0 Å². The van der Waals surface area contributed by atoms with E-state index >= 15 is 0 Å². The summed E-state index contributed by atoms with van der Waals surface area (Å²) in [6.45, 7) is 7.75. The smallest absolute Gasteiger partial charge is 0.161 e. The first-order valence-corrected chi connectivity index (χ1v) is 6.52. The van der Waals surface area contributed by atoms with E-state index in [2.05, 4.69) is 30.5 Å². The van der Waals surface area contributed by atoms with E-state index < -0.39 is 0 Å². The van der Waals surface area contributed by atoms with Gasteiger partial charge < -0.3 is 14.0 Å². The van der Waals surface area contributed by atoms with Crippen LogP contribution in [0, 0.1) is 20.8 Å². The van der Waals surface area contributed by atoms with Crippen molar-refractivity contribution in [3.8, 4) is 11.5 Å². The average molecular weight is 259 g/mol. The van der Waals surface area contributed by atoms with Crippen LogP contribution in [0.2, 0.25) is 0 Å². The van der Waals surface area contributed by atoms with Crippen molar-refractivity contribution in [2.75, 3.05) is 13.7 Å². The molecule has 0 amide bonds. The summed E-state index contributed by atoms with van der Waals surface area (Å²) in [5, 5.41) is 0. The van der Waals surface area contributed by atoms with E-state index in [-0.39, 0.29) is 0 Å². The summed E-state index contributed by atoms with van der Waals surface area (Å²) < 4.78 is 13.4. The minimum atomic E-state index is 0.635. The third kappa shape index (κ3) is 3.11. The molecule has 0 N–H and O–H groups in total. The number of hydrogen-bond acceptors (Lipinski definition) is 2. The number of aromatic nitrogens is 1. The predicted octanol–water partition coefficient (Wildman–Crippen LogP) is 3.50. The Bertz CT molecular complexity index is 538. The third-order valence-electron chi connectivity index (χ3n) is 3.31. The van der Waals surface area contributed by atoms with Crippen LogP contribution in [0.15, 0.2) is 30.3 Å². The van der Waals surface area contributed by atoms with Crippen LogP contribution < -0.4 is 9.47 Å². The summed E-state index contributed by atoms with van der Waals surface area (Å²) in [5.41, 5.74) is 3.69. The Hall–Kier alpha value is -1.90. The zero-order chi connectivity index (χ0) is 13.8. The van der Waals surface area contributed by atoms with Gasteiger partial charge >= 0.3 is 0 Å². The number of ether oxygens (including phenoxy) is 2. The Morgan fingerprint density at radius 1 is 0.947 bits per heavy atom. The number of rotatable bonds is 5. The highest BCUT2D eigenvalue weighted by molar-refractivity contribution is 5.42. The summed E-state index contributed by atoms with van der Waals surface area (Å²) in [5.74, 6) is 1.59. The van der Waals surface area contributed by atoms with Crippen molar-refractivity contribution in [2.45, 2.75) is 27.3 Å². The first-order chi connectivity index (χ1) is 9.11. The van der Waals surface area contributed by atoms with Gasteiger partial charge in [-0.1, -0.05) is 6.07 Å². The van der Waals surface area contributed by atoms with E-state index in [1.54, 1.807) is 7.11 Å². The fourth-order valence-corrected chi connectivity index (χ4v) is 2.19. The minimum absolute atomic E-state index is 0.635. The van der Waals surface area contributed by atoms with Crippen LogP contribution in [-0.2, 0) is 6.54 Å². The van der Waals surface area contributed by atoms with Gasteiger partial charge in [0.2, 0.25) is 0 Å². The lowest BCUT2D eigenvalue weighted by Crippen LogP contribution is -2.11. The lowest BCUT2D eigenvalue weighted by atomic mass is 10.2. The highest BCUT2D eigenvalue weighted by Gasteiger charge is 2.05. The summed E-state index contributed by atoms with van der Waals surface area (Å²) in [7, 11) is 1.67. The molecule has 0 spiro atoms. The van der Waals surface area contributed by atoms with Crippen molar-refractivity contribution in [2.24, 2.45) is 0 Å². The van der Waals surface area contributed by atoms with Crippen molar-refractivity contribution in [3.05, 3.63) is 47.3 Å². The van der Waals surface area contributed by atoms with Gasteiger partial charge in [-0.2, -0.15) is 0 Å². The third-order valence-corrected chi connectivity index (χ3v) is 3.31. The maximum absolute atomic E-state index is 5.82. The Kier molecular flexibility index (Phi) is 4.15. The SMILES string of the molecule is COc1cc(C)ccc1OCCn1c(C)ccc1C. The predicted molar refractivity (Wildman–Crippen MR) is 77.1 cm³/mol. The van der Waals surface area contributed by atoms with Crippen LogP contribution in [0.4, 0.5) is 0 Å². The molecule has 0 atom stereocenters. The number of nitrogens with zero attached hydrogens (tertiary/aromatic N) is 1. The Morgan fingerprint density at radius 2 is 1.63 bits per heavy atom. The van der Waals surface area contributed by atoms with E-state index in [0.717, 1.165) is 18.0 Å². The van der Waals surface area contributed by atoms with Crippen LogP contribution in [-0.4, -0.2) is 18.3 Å². The molecule has 0 saturated heterocycles. The molecule has 3 nitrogen and oxygen atoms in total. The lowest BCUT2D eigenvalue weighted by Gasteiger charge is -2.13. The van der Waals surface area contributed by atoms with Gasteiger partial charge in [-0.25, -0.2) is 0 Å². The molecule has 2 rings (SSSR count). The number of aryl methyl sites for hydroxylation is 3. The number of methoxy groups -OCH3 is 1. The fraction of sp³-hybridized carbons (Fsp3) is 0.375. The second-order valence-electron chi connectivity index (χ2n) is 4.77. The number of benzene rings is 1. The largest absolute Gasteiger partial charge is 0.493 e. The second-order valence-corrected chi connectivity index (χ2v) is 4.77. The molecule has 0 aliphatic rings. The van der Waals surface area contributed by atoms with Crippen molar-refractivity contribution in [3.63, 3.8) is 0 Å². The molecule has 0 aliphatic carbocycles. The van der Waals surface area contributed by atoms with Crippen LogP contribution in [0.3, 0.4) is 0 Å². The van der Waals surface area contributed by atoms with Gasteiger partial charge in [-0.3, -0.25) is 0 Å². The van der Waals surface area contributed by atoms with Gasteiger partial charge in [-0.05, 0) is 50.6 Å². The van der Waals surface area contributed by atoms with Gasteiger partial charge in [0.1, 0.15) is 6.61 Å². The Balaban J connectivity index is 2.00. The number of hydrogen-bond donors (Lipinski definition) is 0. The summed E-state index contributed by atoms with van der Waals surface area (Å²) in [4.78, 5) is 0. The highest BCUT2D eigenvalue weighted by atomic mass is 16.5. The van der Waals surface area contributed by atoms with Gasteiger partial charge in [0.15, 0.2) is 11.5 Å². The average Bonchev–Trinajstić information content (AvgIpc) is 2.71. The van der Waals surface area contributed by atoms with E-state index in [9.17, 15) is 0 Å². The van der Waals surface area contributed by atoms with Gasteiger partial charge in [-0.15, -0.1) is 0 Å². The lowest BCUT2D eigenvalue weighted by molar-refractivity contribution is 0.278. The first kappa shape index (κ1) is 13.5. The molecule has 0 aliphatic heterocycles. The van der Waals surface area contributed by atoms with Gasteiger partial charge in [0, 0.05) is 11.4 Å². The van der Waals surface area contributed by atoms with Crippen molar-refractivity contribution in [1.82, 2.24) is 4.57 Å². The van der Waals surface area contributed by atoms with E-state index in [0.29, 0.717) is 6.61 Å². The monoisotopic (exact) mass is 259 g/mol. The molecule has 1 heterocycles. The molecule has 19 heavy (non-hydrogen) atoms. The summed E-state index contributed by atoms with van der Waals surface area (Å²) in [6, 6.07) is 10.2. The molecule has 102 valence electrons. The molecule has 0 unspecified atom stereocenters. The van der Waals surface area contributed by atoms with E-state index in [1.165, 1.54) is 17.0 Å². The molecule has 1 aromatic heterocycles. The van der Waals surface area contributed by atoms with Crippen LogP contribution in [0.5, 0.6) is 11.5 Å². The molecule has 0 fully saturated rings. The van der Waals surface area contributed by atoms with Crippen molar-refractivity contribution >= 4 is 0 Å². The van der Waals surface area contributed by atoms with Crippen LogP contribution in [0.1, 0.15) is 17.0 Å². The van der Waals surface area contributed by atoms with E-state index in [4.69, 9.17) is 9.47 Å². The zero-order valence-electron chi connectivity index (χ0n) is 12.1. The molecule has 1 aromatic carbocycles. The maximum atomic E-state index is 5.82. The topological polar surface area (TPSA) is 23.4 Å². The van der Waals surface area contributed by atoms with Crippen molar-refractivity contribution < 1.29 is 9.47 Å². The molecule has 2 aromatic rings. The molecular formula is C16H21NO2. The van der Waals surface area contributed by atoms with Gasteiger partial charge in [0.05, 0.1) is 13.7 Å². The molecular weight excluding hydrogens is 238 g/mol. The van der Waals surface area contributed by atoms with E-state index in [1.807, 2.05) is 25.1 Å². The highest BCUT2D eigenvalue weighted by Crippen LogP contribution is 2.27. The fourth-order valence-electron chi connectivity index (χ4n) is 2.19. The summed E-state index contributed by atoms with van der Waals surface area (Å²) in [6.07, 6.45) is 0. The quantitative estimate of drug-likeness (QED) is 0.820. The Labute approximate surface area is 114 Å². The summed E-state index contributed by atoms with van der Waals surface area (Å²) >= 11 is 0. The normalized spacial score (nSPS) is 10.5. The molecule has 3 heteroatoms. The Morgan fingerprint density at radius 3 is 2.26 bits per heavy atom. The molecule has 0 saturated carbocycles.